The predicted octanol–water partition coefficient (Wildman–Crippen LogP) is 2.01. The highest BCUT2D eigenvalue weighted by Gasteiger charge is 1.93. The molecule has 1 aromatic rings. The van der Waals surface area contributed by atoms with E-state index < -0.39 is 0 Å². The Morgan fingerprint density at radius 3 is 2.67 bits per heavy atom. The first kappa shape index (κ1) is 10.9. The molecule has 0 bridgehead atoms. The van der Waals surface area contributed by atoms with Gasteiger partial charge in [0.1, 0.15) is 0 Å². The lowest BCUT2D eigenvalue weighted by molar-refractivity contribution is 0.489. The van der Waals surface area contributed by atoms with Crippen molar-refractivity contribution in [3.8, 4) is 18.0 Å². The van der Waals surface area contributed by atoms with Gasteiger partial charge in [-0.3, -0.25) is 4.90 Å². The van der Waals surface area contributed by atoms with Gasteiger partial charge in [0.2, 0.25) is 0 Å². The molecule has 0 unspecified atom stereocenters. The van der Waals surface area contributed by atoms with Gasteiger partial charge in [-0.05, 0) is 12.1 Å². The average Bonchev–Trinajstić information content (AvgIpc) is 2.29. The van der Waals surface area contributed by atoms with Crippen molar-refractivity contribution in [1.29, 1.82) is 5.26 Å². The summed E-state index contributed by atoms with van der Waals surface area (Å²) in [5, 5.41) is 8.71. The minimum absolute atomic E-state index is 0.442. The third-order valence-electron chi connectivity index (χ3n) is 1.77. The molecule has 1 rings (SSSR count). The van der Waals surface area contributed by atoms with E-state index in [9.17, 15) is 0 Å². The van der Waals surface area contributed by atoms with Crippen LogP contribution in [0.4, 0.5) is 0 Å². The van der Waals surface area contributed by atoms with Crippen molar-refractivity contribution < 1.29 is 0 Å². The molecule has 0 radical (unpaired) electrons. The van der Waals surface area contributed by atoms with Crippen molar-refractivity contribution in [2.75, 3.05) is 13.1 Å². The first-order valence-electron chi connectivity index (χ1n) is 4.66. The monoisotopic (exact) mass is 196 g/mol. The van der Waals surface area contributed by atoms with Gasteiger partial charge in [-0.2, -0.15) is 5.26 Å². The van der Waals surface area contributed by atoms with Gasteiger partial charge in [-0.25, -0.2) is 0 Å². The van der Waals surface area contributed by atoms with E-state index in [0.29, 0.717) is 13.1 Å². The summed E-state index contributed by atoms with van der Waals surface area (Å²) in [5.41, 5.74) is 0.967. The molecule has 15 heavy (non-hydrogen) atoms. The molecule has 74 valence electrons. The van der Waals surface area contributed by atoms with Gasteiger partial charge in [0, 0.05) is 12.1 Å². The molecule has 0 saturated heterocycles. The molecule has 0 saturated carbocycles. The fourth-order valence-corrected chi connectivity index (χ4v) is 1.06. The van der Waals surface area contributed by atoms with E-state index in [2.05, 4.69) is 18.4 Å². The van der Waals surface area contributed by atoms with Crippen LogP contribution in [0.25, 0.3) is 0 Å². The number of nitrogens with zero attached hydrogens (tertiary/aromatic N) is 2. The first-order chi connectivity index (χ1) is 7.36. The molecule has 0 N–H and O–H groups in total. The molecule has 0 fully saturated rings. The molecule has 0 aliphatic rings. The van der Waals surface area contributed by atoms with E-state index in [4.69, 9.17) is 5.26 Å². The molecule has 0 aromatic heterocycles. The third kappa shape index (κ3) is 4.02. The summed E-state index contributed by atoms with van der Waals surface area (Å²) in [6.45, 7) is 4.56. The summed E-state index contributed by atoms with van der Waals surface area (Å²) in [4.78, 5) is 1.54. The molecule has 0 heterocycles. The summed E-state index contributed by atoms with van der Waals surface area (Å²) >= 11 is 0. The van der Waals surface area contributed by atoms with E-state index in [0.717, 1.165) is 5.56 Å². The van der Waals surface area contributed by atoms with Gasteiger partial charge >= 0.3 is 0 Å². The maximum atomic E-state index is 8.71. The molecular weight excluding hydrogens is 184 g/mol. The zero-order chi connectivity index (χ0) is 10.9. The zero-order valence-corrected chi connectivity index (χ0v) is 8.48. The van der Waals surface area contributed by atoms with Crippen molar-refractivity contribution >= 4 is 0 Å². The molecule has 1 aromatic carbocycles. The van der Waals surface area contributed by atoms with Gasteiger partial charge in [-0.15, -0.1) is 6.58 Å². The number of hydrogen-bond donors (Lipinski definition) is 0. The van der Waals surface area contributed by atoms with Crippen molar-refractivity contribution in [2.24, 2.45) is 0 Å². The standard InChI is InChI=1S/C13H12N2/c1-2-10-15(12-14)11-6-9-13-7-4-3-5-8-13/h2-5,7-8H,1,10-11H2. The minimum atomic E-state index is 0.442. The lowest BCUT2D eigenvalue weighted by atomic mass is 10.2. The summed E-state index contributed by atoms with van der Waals surface area (Å²) in [7, 11) is 0. The van der Waals surface area contributed by atoms with Crippen molar-refractivity contribution in [3.05, 3.63) is 48.6 Å². The highest BCUT2D eigenvalue weighted by molar-refractivity contribution is 5.33. The predicted molar refractivity (Wildman–Crippen MR) is 60.7 cm³/mol. The Bertz CT molecular complexity index is 404. The minimum Gasteiger partial charge on any atom is -0.295 e. The van der Waals surface area contributed by atoms with Crippen LogP contribution in [0, 0.1) is 23.3 Å². The summed E-state index contributed by atoms with van der Waals surface area (Å²) in [6.07, 6.45) is 3.74. The molecular formula is C13H12N2. The third-order valence-corrected chi connectivity index (χ3v) is 1.77. The highest BCUT2D eigenvalue weighted by atomic mass is 15.1. The Morgan fingerprint density at radius 1 is 1.33 bits per heavy atom. The van der Waals surface area contributed by atoms with Crippen LogP contribution in [0.3, 0.4) is 0 Å². The van der Waals surface area contributed by atoms with Gasteiger partial charge in [0.25, 0.3) is 0 Å². The molecule has 0 spiro atoms. The largest absolute Gasteiger partial charge is 0.295 e. The fraction of sp³-hybridized carbons (Fsp3) is 0.154. The fourth-order valence-electron chi connectivity index (χ4n) is 1.06. The molecule has 0 atom stereocenters. The van der Waals surface area contributed by atoms with Crippen LogP contribution in [0.5, 0.6) is 0 Å². The van der Waals surface area contributed by atoms with Crippen LogP contribution in [0.2, 0.25) is 0 Å². The zero-order valence-electron chi connectivity index (χ0n) is 8.48. The molecule has 2 heteroatoms. The second-order valence-electron chi connectivity index (χ2n) is 2.94. The Labute approximate surface area is 90.4 Å². The number of rotatable bonds is 3. The van der Waals surface area contributed by atoms with Crippen LogP contribution in [-0.4, -0.2) is 18.0 Å². The maximum absolute atomic E-state index is 8.71. The van der Waals surface area contributed by atoms with Crippen LogP contribution in [0.1, 0.15) is 5.56 Å². The maximum Gasteiger partial charge on any atom is 0.180 e. The lowest BCUT2D eigenvalue weighted by Crippen LogP contribution is -2.17. The van der Waals surface area contributed by atoms with Crippen LogP contribution in [-0.2, 0) is 0 Å². The van der Waals surface area contributed by atoms with Crippen molar-refractivity contribution in [3.63, 3.8) is 0 Å². The van der Waals surface area contributed by atoms with Crippen molar-refractivity contribution in [1.82, 2.24) is 4.90 Å². The molecule has 0 aliphatic carbocycles. The lowest BCUT2D eigenvalue weighted by Gasteiger charge is -2.06. The van der Waals surface area contributed by atoms with E-state index in [1.807, 2.05) is 36.5 Å². The van der Waals surface area contributed by atoms with Gasteiger partial charge in [0.05, 0.1) is 6.54 Å². The topological polar surface area (TPSA) is 27.0 Å². The van der Waals surface area contributed by atoms with Crippen LogP contribution >= 0.6 is 0 Å². The average molecular weight is 196 g/mol. The highest BCUT2D eigenvalue weighted by Crippen LogP contribution is 1.94. The molecule has 2 nitrogen and oxygen atoms in total. The summed E-state index contributed by atoms with van der Waals surface area (Å²) in [5.74, 6) is 5.93. The number of nitriles is 1. The quantitative estimate of drug-likeness (QED) is 0.320. The Balaban J connectivity index is 2.53. The van der Waals surface area contributed by atoms with Crippen molar-refractivity contribution in [2.45, 2.75) is 0 Å². The van der Waals surface area contributed by atoms with E-state index in [1.165, 1.54) is 0 Å². The molecule has 0 amide bonds. The Morgan fingerprint density at radius 2 is 2.07 bits per heavy atom. The SMILES string of the molecule is C=CCN(C#N)CC#Cc1ccccc1. The van der Waals surface area contributed by atoms with Gasteiger partial charge < -0.3 is 0 Å². The smallest absolute Gasteiger partial charge is 0.180 e. The second kappa shape index (κ2) is 6.29. The van der Waals surface area contributed by atoms with E-state index in [1.54, 1.807) is 11.0 Å². The molecule has 0 aliphatic heterocycles. The summed E-state index contributed by atoms with van der Waals surface area (Å²) < 4.78 is 0. The number of benzene rings is 1. The van der Waals surface area contributed by atoms with Gasteiger partial charge in [-0.1, -0.05) is 36.1 Å². The van der Waals surface area contributed by atoms with Crippen LogP contribution in [0.15, 0.2) is 43.0 Å². The first-order valence-corrected chi connectivity index (χ1v) is 4.66. The van der Waals surface area contributed by atoms with Gasteiger partial charge in [0.15, 0.2) is 6.19 Å². The number of hydrogen-bond acceptors (Lipinski definition) is 2. The van der Waals surface area contributed by atoms with E-state index >= 15 is 0 Å². The Kier molecular flexibility index (Phi) is 4.57. The second-order valence-corrected chi connectivity index (χ2v) is 2.94. The normalized spacial score (nSPS) is 8.20. The Hall–Kier alpha value is -2.19. The van der Waals surface area contributed by atoms with Crippen LogP contribution < -0.4 is 0 Å². The summed E-state index contributed by atoms with van der Waals surface area (Å²) in [6, 6.07) is 9.71. The van der Waals surface area contributed by atoms with E-state index in [-0.39, 0.29) is 0 Å².